The number of carbonyl (C=O) groups excluding carboxylic acids is 1. The minimum atomic E-state index is -0.154. The molecule has 1 atom stereocenters. The van der Waals surface area contributed by atoms with Crippen molar-refractivity contribution in [3.8, 4) is 5.75 Å². The van der Waals surface area contributed by atoms with Crippen LogP contribution >= 0.6 is 11.6 Å². The van der Waals surface area contributed by atoms with E-state index in [1.165, 1.54) is 17.5 Å². The number of carbonyl (C=O) groups is 1. The number of aryl methyl sites for hydroxylation is 1. The Morgan fingerprint density at radius 2 is 2.12 bits per heavy atom. The second kappa shape index (κ2) is 8.56. The first-order chi connectivity index (χ1) is 12.6. The zero-order valence-corrected chi connectivity index (χ0v) is 16.1. The number of nitrogens with one attached hydrogen (secondary N) is 1. The minimum Gasteiger partial charge on any atom is -0.496 e. The average Bonchev–Trinajstić information content (AvgIpc) is 3.10. The Hall–Kier alpha value is -2.04. The van der Waals surface area contributed by atoms with Crippen LogP contribution in [-0.2, 0) is 0 Å². The molecular formula is C21H25ClN2O2. The van der Waals surface area contributed by atoms with Crippen LogP contribution in [-0.4, -0.2) is 44.1 Å². The van der Waals surface area contributed by atoms with Gasteiger partial charge in [-0.3, -0.25) is 4.79 Å². The first kappa shape index (κ1) is 18.7. The maximum absolute atomic E-state index is 12.4. The van der Waals surface area contributed by atoms with E-state index in [1.54, 1.807) is 25.3 Å². The summed E-state index contributed by atoms with van der Waals surface area (Å²) < 4.78 is 5.25. The summed E-state index contributed by atoms with van der Waals surface area (Å²) in [7, 11) is 1.55. The van der Waals surface area contributed by atoms with E-state index in [0.717, 1.165) is 19.6 Å². The summed E-state index contributed by atoms with van der Waals surface area (Å²) in [5, 5.41) is 3.50. The fourth-order valence-electron chi connectivity index (χ4n) is 3.61. The molecule has 0 unspecified atom stereocenters. The molecule has 1 fully saturated rings. The van der Waals surface area contributed by atoms with Crippen molar-refractivity contribution in [2.24, 2.45) is 0 Å². The van der Waals surface area contributed by atoms with Gasteiger partial charge in [0.2, 0.25) is 0 Å². The first-order valence-electron chi connectivity index (χ1n) is 8.98. The van der Waals surface area contributed by atoms with Gasteiger partial charge < -0.3 is 15.0 Å². The van der Waals surface area contributed by atoms with E-state index in [1.807, 2.05) is 0 Å². The van der Waals surface area contributed by atoms with Crippen LogP contribution in [0.2, 0.25) is 5.02 Å². The summed E-state index contributed by atoms with van der Waals surface area (Å²) in [6.07, 6.45) is 1.17. The number of likely N-dealkylation sites (tertiary alicyclic amines) is 1. The van der Waals surface area contributed by atoms with E-state index in [2.05, 4.69) is 41.4 Å². The Balaban J connectivity index is 1.51. The van der Waals surface area contributed by atoms with Gasteiger partial charge in [0, 0.05) is 24.7 Å². The second-order valence-corrected chi connectivity index (χ2v) is 7.18. The molecule has 0 bridgehead atoms. The number of rotatable bonds is 6. The van der Waals surface area contributed by atoms with Crippen LogP contribution in [0, 0.1) is 6.92 Å². The Morgan fingerprint density at radius 1 is 1.31 bits per heavy atom. The molecule has 1 aliphatic heterocycles. The van der Waals surface area contributed by atoms with Crippen molar-refractivity contribution in [2.75, 3.05) is 33.3 Å². The molecule has 0 saturated carbocycles. The zero-order valence-electron chi connectivity index (χ0n) is 15.3. The summed E-state index contributed by atoms with van der Waals surface area (Å²) in [5.41, 5.74) is 3.28. The molecule has 4 nitrogen and oxygen atoms in total. The minimum absolute atomic E-state index is 0.154. The third-order valence-electron chi connectivity index (χ3n) is 5.02. The van der Waals surface area contributed by atoms with Crippen molar-refractivity contribution in [1.29, 1.82) is 0 Å². The molecule has 1 amide bonds. The highest BCUT2D eigenvalue weighted by atomic mass is 35.5. The molecule has 0 aromatic heterocycles. The fraction of sp³-hybridized carbons (Fsp3) is 0.381. The highest BCUT2D eigenvalue weighted by Gasteiger charge is 2.24. The standard InChI is InChI=1S/C21H25ClN2O2/c1-15-5-3-4-6-18(15)16-9-11-24(14-16)12-10-23-21(25)19-13-17(22)7-8-20(19)26-2/h3-8,13,16H,9-12,14H2,1-2H3,(H,23,25)/t16-/m0/s1. The lowest BCUT2D eigenvalue weighted by Gasteiger charge is -2.18. The van der Waals surface area contributed by atoms with E-state index < -0.39 is 0 Å². The average molecular weight is 373 g/mol. The van der Waals surface area contributed by atoms with Crippen molar-refractivity contribution >= 4 is 17.5 Å². The van der Waals surface area contributed by atoms with Crippen LogP contribution in [0.15, 0.2) is 42.5 Å². The molecule has 1 aliphatic rings. The van der Waals surface area contributed by atoms with Gasteiger partial charge >= 0.3 is 0 Å². The van der Waals surface area contributed by atoms with E-state index in [0.29, 0.717) is 28.8 Å². The van der Waals surface area contributed by atoms with E-state index >= 15 is 0 Å². The van der Waals surface area contributed by atoms with Gasteiger partial charge in [-0.25, -0.2) is 0 Å². The third-order valence-corrected chi connectivity index (χ3v) is 5.26. The Bertz CT molecular complexity index is 778. The maximum atomic E-state index is 12.4. The summed E-state index contributed by atoms with van der Waals surface area (Å²) >= 11 is 6.00. The second-order valence-electron chi connectivity index (χ2n) is 6.74. The molecule has 2 aromatic rings. The van der Waals surface area contributed by atoms with Gasteiger partial charge in [-0.05, 0) is 55.1 Å². The van der Waals surface area contributed by atoms with Crippen molar-refractivity contribution in [3.63, 3.8) is 0 Å². The van der Waals surface area contributed by atoms with Crippen LogP contribution in [0.1, 0.15) is 33.8 Å². The topological polar surface area (TPSA) is 41.6 Å². The molecule has 1 N–H and O–H groups in total. The molecule has 2 aromatic carbocycles. The SMILES string of the molecule is COc1ccc(Cl)cc1C(=O)NCCN1CC[C@H](c2ccccc2C)C1. The third kappa shape index (κ3) is 4.37. The van der Waals surface area contributed by atoms with Crippen molar-refractivity contribution in [2.45, 2.75) is 19.3 Å². The Kier molecular flexibility index (Phi) is 6.17. The summed E-state index contributed by atoms with van der Waals surface area (Å²) in [6, 6.07) is 13.7. The number of methoxy groups -OCH3 is 1. The van der Waals surface area contributed by atoms with Crippen molar-refractivity contribution < 1.29 is 9.53 Å². The van der Waals surface area contributed by atoms with Gasteiger partial charge in [0.25, 0.3) is 5.91 Å². The fourth-order valence-corrected chi connectivity index (χ4v) is 3.79. The predicted molar refractivity (Wildman–Crippen MR) is 105 cm³/mol. The number of ether oxygens (including phenoxy) is 1. The molecule has 1 heterocycles. The molecule has 1 saturated heterocycles. The first-order valence-corrected chi connectivity index (χ1v) is 9.36. The molecule has 5 heteroatoms. The quantitative estimate of drug-likeness (QED) is 0.836. The number of hydrogen-bond acceptors (Lipinski definition) is 3. The van der Waals surface area contributed by atoms with Crippen LogP contribution in [0.25, 0.3) is 0 Å². The van der Waals surface area contributed by atoms with Gasteiger partial charge in [-0.2, -0.15) is 0 Å². The molecule has 26 heavy (non-hydrogen) atoms. The number of hydrogen-bond donors (Lipinski definition) is 1. The van der Waals surface area contributed by atoms with E-state index in [9.17, 15) is 4.79 Å². The Labute approximate surface area is 160 Å². The molecule has 138 valence electrons. The van der Waals surface area contributed by atoms with Gasteiger partial charge in [0.1, 0.15) is 5.75 Å². The van der Waals surface area contributed by atoms with Gasteiger partial charge in [0.05, 0.1) is 12.7 Å². The summed E-state index contributed by atoms with van der Waals surface area (Å²) in [6.45, 7) is 5.74. The number of benzene rings is 2. The van der Waals surface area contributed by atoms with Crippen LogP contribution in [0.5, 0.6) is 5.75 Å². The molecule has 3 rings (SSSR count). The zero-order chi connectivity index (χ0) is 18.5. The van der Waals surface area contributed by atoms with Crippen LogP contribution < -0.4 is 10.1 Å². The molecular weight excluding hydrogens is 348 g/mol. The normalized spacial score (nSPS) is 17.3. The van der Waals surface area contributed by atoms with Crippen molar-refractivity contribution in [3.05, 3.63) is 64.2 Å². The lowest BCUT2D eigenvalue weighted by molar-refractivity contribution is 0.0946. The summed E-state index contributed by atoms with van der Waals surface area (Å²) in [5.74, 6) is 0.964. The number of amides is 1. The lowest BCUT2D eigenvalue weighted by Crippen LogP contribution is -2.34. The monoisotopic (exact) mass is 372 g/mol. The number of nitrogens with zero attached hydrogens (tertiary/aromatic N) is 1. The van der Waals surface area contributed by atoms with Crippen LogP contribution in [0.3, 0.4) is 0 Å². The molecule has 0 spiro atoms. The highest BCUT2D eigenvalue weighted by Crippen LogP contribution is 2.29. The van der Waals surface area contributed by atoms with Gasteiger partial charge in [-0.15, -0.1) is 0 Å². The van der Waals surface area contributed by atoms with Gasteiger partial charge in [-0.1, -0.05) is 35.9 Å². The maximum Gasteiger partial charge on any atom is 0.255 e. The van der Waals surface area contributed by atoms with Crippen LogP contribution in [0.4, 0.5) is 0 Å². The smallest absolute Gasteiger partial charge is 0.255 e. The lowest BCUT2D eigenvalue weighted by atomic mass is 9.94. The Morgan fingerprint density at radius 3 is 2.88 bits per heavy atom. The van der Waals surface area contributed by atoms with E-state index in [-0.39, 0.29) is 5.91 Å². The largest absolute Gasteiger partial charge is 0.496 e. The highest BCUT2D eigenvalue weighted by molar-refractivity contribution is 6.31. The number of halogens is 1. The van der Waals surface area contributed by atoms with Crippen molar-refractivity contribution in [1.82, 2.24) is 10.2 Å². The summed E-state index contributed by atoms with van der Waals surface area (Å²) in [4.78, 5) is 14.8. The molecule has 0 radical (unpaired) electrons. The molecule has 0 aliphatic carbocycles. The van der Waals surface area contributed by atoms with Gasteiger partial charge in [0.15, 0.2) is 0 Å². The predicted octanol–water partition coefficient (Wildman–Crippen LogP) is 3.88. The van der Waals surface area contributed by atoms with E-state index in [4.69, 9.17) is 16.3 Å².